The summed E-state index contributed by atoms with van der Waals surface area (Å²) in [5, 5.41) is 9.24. The highest BCUT2D eigenvalue weighted by Gasteiger charge is 2.20. The molecule has 1 saturated heterocycles. The van der Waals surface area contributed by atoms with E-state index in [1.165, 1.54) is 11.3 Å². The van der Waals surface area contributed by atoms with Crippen molar-refractivity contribution < 1.29 is 14.1 Å². The van der Waals surface area contributed by atoms with E-state index in [0.717, 1.165) is 35.7 Å². The molecule has 0 radical (unpaired) electrons. The number of aryl methyl sites for hydroxylation is 2. The van der Waals surface area contributed by atoms with E-state index in [1.54, 1.807) is 5.38 Å². The lowest BCUT2D eigenvalue weighted by molar-refractivity contribution is -0.127. The standard InChI is InChI=1S/C16H20N4O3S/c1-10-14(11(2)23-19-10)16-18-12(9-24-16)15(22)17-6-4-8-20-7-3-5-13(20)21/h9H,3-8H2,1-2H3,(H,17,22). The molecule has 128 valence electrons. The van der Waals surface area contributed by atoms with Crippen LogP contribution in [0, 0.1) is 13.8 Å². The molecule has 0 aliphatic carbocycles. The predicted octanol–water partition coefficient (Wildman–Crippen LogP) is 2.16. The summed E-state index contributed by atoms with van der Waals surface area (Å²) < 4.78 is 5.14. The number of thiazole rings is 1. The maximum Gasteiger partial charge on any atom is 0.270 e. The molecule has 0 unspecified atom stereocenters. The molecule has 3 rings (SSSR count). The van der Waals surface area contributed by atoms with E-state index in [2.05, 4.69) is 15.5 Å². The maximum atomic E-state index is 12.2. The second kappa shape index (κ2) is 7.12. The van der Waals surface area contributed by atoms with Crippen LogP contribution in [0.4, 0.5) is 0 Å². The quantitative estimate of drug-likeness (QED) is 0.808. The van der Waals surface area contributed by atoms with Crippen molar-refractivity contribution in [2.45, 2.75) is 33.1 Å². The molecule has 1 aliphatic rings. The molecule has 8 heteroatoms. The van der Waals surface area contributed by atoms with Crippen LogP contribution < -0.4 is 5.32 Å². The Morgan fingerprint density at radius 1 is 1.46 bits per heavy atom. The number of carbonyl (C=O) groups excluding carboxylic acids is 2. The Labute approximate surface area is 144 Å². The average Bonchev–Trinajstić information content (AvgIpc) is 3.25. The van der Waals surface area contributed by atoms with E-state index in [9.17, 15) is 9.59 Å². The van der Waals surface area contributed by atoms with Crippen LogP contribution in [0.25, 0.3) is 10.6 Å². The van der Waals surface area contributed by atoms with E-state index >= 15 is 0 Å². The largest absolute Gasteiger partial charge is 0.361 e. The van der Waals surface area contributed by atoms with Gasteiger partial charge in [-0.1, -0.05) is 5.16 Å². The highest BCUT2D eigenvalue weighted by Crippen LogP contribution is 2.29. The normalized spacial score (nSPS) is 14.4. The highest BCUT2D eigenvalue weighted by atomic mass is 32.1. The number of rotatable bonds is 6. The highest BCUT2D eigenvalue weighted by molar-refractivity contribution is 7.13. The first kappa shape index (κ1) is 16.6. The van der Waals surface area contributed by atoms with Gasteiger partial charge in [-0.05, 0) is 26.7 Å². The summed E-state index contributed by atoms with van der Waals surface area (Å²) in [5.41, 5.74) is 2.02. The Morgan fingerprint density at radius 2 is 2.29 bits per heavy atom. The third-order valence-electron chi connectivity index (χ3n) is 4.05. The lowest BCUT2D eigenvalue weighted by Crippen LogP contribution is -2.30. The minimum atomic E-state index is -0.197. The van der Waals surface area contributed by atoms with Gasteiger partial charge in [-0.3, -0.25) is 9.59 Å². The molecule has 7 nitrogen and oxygen atoms in total. The van der Waals surface area contributed by atoms with Crippen molar-refractivity contribution >= 4 is 23.2 Å². The summed E-state index contributed by atoms with van der Waals surface area (Å²) in [6.45, 7) is 5.74. The van der Waals surface area contributed by atoms with Crippen molar-refractivity contribution in [3.8, 4) is 10.6 Å². The van der Waals surface area contributed by atoms with Gasteiger partial charge < -0.3 is 14.7 Å². The number of hydrogen-bond acceptors (Lipinski definition) is 6. The second-order valence-corrected chi connectivity index (χ2v) is 6.69. The van der Waals surface area contributed by atoms with Gasteiger partial charge in [0.2, 0.25) is 5.91 Å². The molecule has 24 heavy (non-hydrogen) atoms. The summed E-state index contributed by atoms with van der Waals surface area (Å²) in [4.78, 5) is 29.9. The van der Waals surface area contributed by atoms with E-state index in [1.807, 2.05) is 18.7 Å². The van der Waals surface area contributed by atoms with Gasteiger partial charge in [-0.2, -0.15) is 0 Å². The van der Waals surface area contributed by atoms with Crippen LogP contribution in [0.2, 0.25) is 0 Å². The van der Waals surface area contributed by atoms with Gasteiger partial charge in [0, 0.05) is 31.4 Å². The molecule has 1 N–H and O–H groups in total. The van der Waals surface area contributed by atoms with E-state index < -0.39 is 0 Å². The third kappa shape index (κ3) is 3.48. The molecule has 1 fully saturated rings. The fourth-order valence-electron chi connectivity index (χ4n) is 2.78. The summed E-state index contributed by atoms with van der Waals surface area (Å²) in [5.74, 6) is 0.714. The minimum absolute atomic E-state index is 0.197. The number of hydrogen-bond donors (Lipinski definition) is 1. The van der Waals surface area contributed by atoms with Crippen LogP contribution in [-0.2, 0) is 4.79 Å². The SMILES string of the molecule is Cc1noc(C)c1-c1nc(C(=O)NCCCN2CCCC2=O)cs1. The zero-order chi connectivity index (χ0) is 17.1. The molecular weight excluding hydrogens is 328 g/mol. The van der Waals surface area contributed by atoms with Gasteiger partial charge >= 0.3 is 0 Å². The average molecular weight is 348 g/mol. The summed E-state index contributed by atoms with van der Waals surface area (Å²) in [6.07, 6.45) is 2.34. The first-order chi connectivity index (χ1) is 11.6. The summed E-state index contributed by atoms with van der Waals surface area (Å²) in [7, 11) is 0. The number of amides is 2. The zero-order valence-electron chi connectivity index (χ0n) is 13.8. The Kier molecular flexibility index (Phi) is 4.94. The van der Waals surface area contributed by atoms with Crippen molar-refractivity contribution in [2.24, 2.45) is 0 Å². The van der Waals surface area contributed by atoms with Crippen molar-refractivity contribution in [1.82, 2.24) is 20.4 Å². The molecule has 0 atom stereocenters. The van der Waals surface area contributed by atoms with Crippen LogP contribution in [0.1, 0.15) is 41.2 Å². The third-order valence-corrected chi connectivity index (χ3v) is 4.91. The Hall–Kier alpha value is -2.22. The Bertz CT molecular complexity index is 733. The van der Waals surface area contributed by atoms with E-state index in [4.69, 9.17) is 4.52 Å². The van der Waals surface area contributed by atoms with Gasteiger partial charge in [-0.15, -0.1) is 11.3 Å². The minimum Gasteiger partial charge on any atom is -0.361 e. The van der Waals surface area contributed by atoms with Crippen molar-refractivity contribution in [3.63, 3.8) is 0 Å². The molecule has 2 amide bonds. The van der Waals surface area contributed by atoms with Crippen LogP contribution in [-0.4, -0.2) is 46.5 Å². The van der Waals surface area contributed by atoms with Crippen LogP contribution in [0.3, 0.4) is 0 Å². The molecular formula is C16H20N4O3S. The molecule has 1 aliphatic heterocycles. The summed E-state index contributed by atoms with van der Waals surface area (Å²) >= 11 is 1.40. The number of aromatic nitrogens is 2. The number of nitrogens with one attached hydrogen (secondary N) is 1. The molecule has 0 aromatic carbocycles. The van der Waals surface area contributed by atoms with Crippen LogP contribution >= 0.6 is 11.3 Å². The van der Waals surface area contributed by atoms with Gasteiger partial charge in [0.05, 0.1) is 11.3 Å². The fourth-order valence-corrected chi connectivity index (χ4v) is 3.73. The molecule has 2 aromatic heterocycles. The van der Waals surface area contributed by atoms with Gasteiger partial charge in [0.1, 0.15) is 16.5 Å². The van der Waals surface area contributed by atoms with Gasteiger partial charge in [-0.25, -0.2) is 4.98 Å². The van der Waals surface area contributed by atoms with Gasteiger partial charge in [0.15, 0.2) is 0 Å². The number of likely N-dealkylation sites (tertiary alicyclic amines) is 1. The monoisotopic (exact) mass is 348 g/mol. The molecule has 2 aromatic rings. The second-order valence-electron chi connectivity index (χ2n) is 5.83. The smallest absolute Gasteiger partial charge is 0.270 e. The van der Waals surface area contributed by atoms with Crippen LogP contribution in [0.15, 0.2) is 9.90 Å². The lowest BCUT2D eigenvalue weighted by Gasteiger charge is -2.14. The van der Waals surface area contributed by atoms with E-state index in [-0.39, 0.29) is 11.8 Å². The molecule has 0 saturated carbocycles. The summed E-state index contributed by atoms with van der Waals surface area (Å²) in [6, 6.07) is 0. The van der Waals surface area contributed by atoms with Crippen molar-refractivity contribution in [3.05, 3.63) is 22.5 Å². The number of carbonyl (C=O) groups is 2. The first-order valence-electron chi connectivity index (χ1n) is 8.01. The first-order valence-corrected chi connectivity index (χ1v) is 8.89. The predicted molar refractivity (Wildman–Crippen MR) is 89.8 cm³/mol. The molecule has 3 heterocycles. The zero-order valence-corrected chi connectivity index (χ0v) is 14.6. The Balaban J connectivity index is 1.52. The Morgan fingerprint density at radius 3 is 2.96 bits per heavy atom. The van der Waals surface area contributed by atoms with Crippen molar-refractivity contribution in [2.75, 3.05) is 19.6 Å². The topological polar surface area (TPSA) is 88.3 Å². The fraction of sp³-hybridized carbons (Fsp3) is 0.500. The molecule has 0 bridgehead atoms. The van der Waals surface area contributed by atoms with Gasteiger partial charge in [0.25, 0.3) is 5.91 Å². The maximum absolute atomic E-state index is 12.2. The van der Waals surface area contributed by atoms with Crippen molar-refractivity contribution in [1.29, 1.82) is 0 Å². The van der Waals surface area contributed by atoms with E-state index in [0.29, 0.717) is 31.0 Å². The van der Waals surface area contributed by atoms with Crippen LogP contribution in [0.5, 0.6) is 0 Å². The number of nitrogens with zero attached hydrogens (tertiary/aromatic N) is 3. The molecule has 0 spiro atoms. The lowest BCUT2D eigenvalue weighted by atomic mass is 10.2.